The molecule has 9 heteroatoms. The van der Waals surface area contributed by atoms with Crippen molar-refractivity contribution >= 4 is 16.0 Å². The Bertz CT molecular complexity index is 693. The van der Waals surface area contributed by atoms with E-state index in [2.05, 4.69) is 0 Å². The molecular formula is C14H19NO7S. The van der Waals surface area contributed by atoms with Crippen LogP contribution >= 0.6 is 0 Å². The zero-order valence-electron chi connectivity index (χ0n) is 12.9. The van der Waals surface area contributed by atoms with Crippen molar-refractivity contribution in [2.24, 2.45) is 0 Å². The monoisotopic (exact) mass is 345 g/mol. The summed E-state index contributed by atoms with van der Waals surface area (Å²) < 4.78 is 36.8. The number of benzene rings is 1. The molecule has 0 spiro atoms. The second kappa shape index (κ2) is 6.34. The Kier molecular flexibility index (Phi) is 4.83. The SMILES string of the molecule is COc1ccc(OC)c(S(=O)(=O)N2CCC(O)(C(=O)O)CC2)c1. The molecule has 0 amide bonds. The van der Waals surface area contributed by atoms with Crippen molar-refractivity contribution in [3.8, 4) is 11.5 Å². The van der Waals surface area contributed by atoms with Crippen molar-refractivity contribution in [1.29, 1.82) is 0 Å². The number of aliphatic carboxylic acids is 1. The lowest BCUT2D eigenvalue weighted by Gasteiger charge is -2.34. The molecule has 0 atom stereocenters. The molecule has 23 heavy (non-hydrogen) atoms. The fourth-order valence-corrected chi connectivity index (χ4v) is 4.05. The van der Waals surface area contributed by atoms with Crippen LogP contribution in [0.25, 0.3) is 0 Å². The molecule has 1 aliphatic heterocycles. The Morgan fingerprint density at radius 3 is 2.30 bits per heavy atom. The first-order valence-corrected chi connectivity index (χ1v) is 8.36. The molecule has 0 aromatic heterocycles. The highest BCUT2D eigenvalue weighted by Crippen LogP contribution is 2.33. The largest absolute Gasteiger partial charge is 0.497 e. The van der Waals surface area contributed by atoms with Crippen LogP contribution in [0.3, 0.4) is 0 Å². The molecule has 1 aromatic carbocycles. The predicted molar refractivity (Wildman–Crippen MR) is 80.1 cm³/mol. The van der Waals surface area contributed by atoms with Crippen molar-refractivity contribution in [2.75, 3.05) is 27.3 Å². The molecule has 0 aliphatic carbocycles. The molecule has 0 radical (unpaired) electrons. The molecule has 1 heterocycles. The highest BCUT2D eigenvalue weighted by atomic mass is 32.2. The van der Waals surface area contributed by atoms with Crippen molar-refractivity contribution < 1.29 is 32.9 Å². The minimum Gasteiger partial charge on any atom is -0.497 e. The van der Waals surface area contributed by atoms with Crippen molar-refractivity contribution in [3.05, 3.63) is 18.2 Å². The maximum absolute atomic E-state index is 12.8. The molecule has 1 aliphatic rings. The van der Waals surface area contributed by atoms with Gasteiger partial charge in [0.05, 0.1) is 14.2 Å². The summed E-state index contributed by atoms with van der Waals surface area (Å²) in [5.74, 6) is -0.804. The standard InChI is InChI=1S/C14H19NO7S/c1-21-10-3-4-11(22-2)12(9-10)23(19,20)15-7-5-14(18,6-8-15)13(16)17/h3-4,9,18H,5-8H2,1-2H3,(H,16,17). The van der Waals surface area contributed by atoms with Gasteiger partial charge >= 0.3 is 5.97 Å². The number of carbonyl (C=O) groups is 1. The quantitative estimate of drug-likeness (QED) is 0.789. The second-order valence-corrected chi connectivity index (χ2v) is 7.16. The van der Waals surface area contributed by atoms with E-state index in [1.165, 1.54) is 26.4 Å². The summed E-state index contributed by atoms with van der Waals surface area (Å²) in [5.41, 5.74) is -1.88. The number of hydrogen-bond donors (Lipinski definition) is 2. The molecule has 0 saturated carbocycles. The average molecular weight is 345 g/mol. The summed E-state index contributed by atoms with van der Waals surface area (Å²) >= 11 is 0. The zero-order chi connectivity index (χ0) is 17.3. The summed E-state index contributed by atoms with van der Waals surface area (Å²) in [6, 6.07) is 4.42. The van der Waals surface area contributed by atoms with Gasteiger partial charge in [-0.15, -0.1) is 0 Å². The van der Waals surface area contributed by atoms with Crippen LogP contribution in [-0.4, -0.2) is 61.8 Å². The lowest BCUT2D eigenvalue weighted by atomic mass is 9.93. The van der Waals surface area contributed by atoms with Crippen LogP contribution < -0.4 is 9.47 Å². The molecule has 0 unspecified atom stereocenters. The van der Waals surface area contributed by atoms with Crippen LogP contribution in [0, 0.1) is 0 Å². The van der Waals surface area contributed by atoms with Gasteiger partial charge in [-0.05, 0) is 12.1 Å². The van der Waals surface area contributed by atoms with Gasteiger partial charge in [-0.1, -0.05) is 0 Å². The first-order chi connectivity index (χ1) is 10.7. The minimum atomic E-state index is -3.89. The third-order valence-electron chi connectivity index (χ3n) is 3.94. The Hall–Kier alpha value is -1.84. The van der Waals surface area contributed by atoms with Gasteiger partial charge < -0.3 is 19.7 Å². The summed E-state index contributed by atoms with van der Waals surface area (Å²) in [4.78, 5) is 11.0. The van der Waals surface area contributed by atoms with Gasteiger partial charge in [0, 0.05) is 32.0 Å². The van der Waals surface area contributed by atoms with E-state index in [4.69, 9.17) is 14.6 Å². The van der Waals surface area contributed by atoms with Gasteiger partial charge in [-0.25, -0.2) is 13.2 Å². The third kappa shape index (κ3) is 3.26. The predicted octanol–water partition coefficient (Wildman–Crippen LogP) is 0.304. The molecule has 1 aromatic rings. The van der Waals surface area contributed by atoms with E-state index >= 15 is 0 Å². The third-order valence-corrected chi connectivity index (χ3v) is 5.86. The number of hydrogen-bond acceptors (Lipinski definition) is 6. The Labute approximate surface area is 134 Å². The van der Waals surface area contributed by atoms with Gasteiger partial charge in [0.1, 0.15) is 16.4 Å². The molecule has 1 fully saturated rings. The zero-order valence-corrected chi connectivity index (χ0v) is 13.7. The van der Waals surface area contributed by atoms with Crippen molar-refractivity contribution in [1.82, 2.24) is 4.31 Å². The van der Waals surface area contributed by atoms with E-state index in [-0.39, 0.29) is 36.6 Å². The maximum atomic E-state index is 12.8. The first kappa shape index (κ1) is 17.5. The van der Waals surface area contributed by atoms with Crippen LogP contribution in [0.5, 0.6) is 11.5 Å². The number of ether oxygens (including phenoxy) is 2. The highest BCUT2D eigenvalue weighted by molar-refractivity contribution is 7.89. The molecule has 128 valence electrons. The summed E-state index contributed by atoms with van der Waals surface area (Å²) in [5, 5.41) is 18.9. The number of methoxy groups -OCH3 is 2. The van der Waals surface area contributed by atoms with E-state index in [1.807, 2.05) is 0 Å². The number of sulfonamides is 1. The lowest BCUT2D eigenvalue weighted by molar-refractivity contribution is -0.162. The second-order valence-electron chi connectivity index (χ2n) is 5.26. The van der Waals surface area contributed by atoms with Gasteiger partial charge in [-0.3, -0.25) is 0 Å². The molecule has 1 saturated heterocycles. The van der Waals surface area contributed by atoms with Gasteiger partial charge in [0.25, 0.3) is 0 Å². The molecular weight excluding hydrogens is 326 g/mol. The first-order valence-electron chi connectivity index (χ1n) is 6.92. The molecule has 2 rings (SSSR count). The summed E-state index contributed by atoms with van der Waals surface area (Å²) in [7, 11) is -1.10. The van der Waals surface area contributed by atoms with E-state index in [1.54, 1.807) is 6.07 Å². The summed E-state index contributed by atoms with van der Waals surface area (Å²) in [6.45, 7) is -0.184. The fourth-order valence-electron chi connectivity index (χ4n) is 2.44. The smallest absolute Gasteiger partial charge is 0.335 e. The summed E-state index contributed by atoms with van der Waals surface area (Å²) in [6.07, 6.45) is -0.346. The number of nitrogens with zero attached hydrogens (tertiary/aromatic N) is 1. The number of rotatable bonds is 5. The average Bonchev–Trinajstić information content (AvgIpc) is 2.54. The number of carboxylic acid groups (broad SMARTS) is 1. The Morgan fingerprint density at radius 1 is 1.22 bits per heavy atom. The highest BCUT2D eigenvalue weighted by Gasteiger charge is 2.43. The normalized spacial score (nSPS) is 18.4. The van der Waals surface area contributed by atoms with Crippen molar-refractivity contribution in [3.63, 3.8) is 0 Å². The van der Waals surface area contributed by atoms with Crippen molar-refractivity contribution in [2.45, 2.75) is 23.3 Å². The topological polar surface area (TPSA) is 113 Å². The molecule has 2 N–H and O–H groups in total. The number of piperidine rings is 1. The van der Waals surface area contributed by atoms with E-state index in [0.717, 1.165) is 4.31 Å². The maximum Gasteiger partial charge on any atom is 0.335 e. The Morgan fingerprint density at radius 2 is 1.83 bits per heavy atom. The Balaban J connectivity index is 2.32. The van der Waals surface area contributed by atoms with Crippen LogP contribution in [0.2, 0.25) is 0 Å². The van der Waals surface area contributed by atoms with E-state index in [9.17, 15) is 18.3 Å². The van der Waals surface area contributed by atoms with Crippen LogP contribution in [0.15, 0.2) is 23.1 Å². The lowest BCUT2D eigenvalue weighted by Crippen LogP contribution is -2.50. The van der Waals surface area contributed by atoms with Crippen LogP contribution in [0.1, 0.15) is 12.8 Å². The van der Waals surface area contributed by atoms with Crippen LogP contribution in [-0.2, 0) is 14.8 Å². The molecule has 8 nitrogen and oxygen atoms in total. The van der Waals surface area contributed by atoms with E-state index < -0.39 is 21.6 Å². The fraction of sp³-hybridized carbons (Fsp3) is 0.500. The minimum absolute atomic E-state index is 0.0554. The van der Waals surface area contributed by atoms with Gasteiger partial charge in [0.15, 0.2) is 5.60 Å². The van der Waals surface area contributed by atoms with E-state index in [0.29, 0.717) is 5.75 Å². The number of aliphatic hydroxyl groups is 1. The van der Waals surface area contributed by atoms with Gasteiger partial charge in [0.2, 0.25) is 10.0 Å². The van der Waals surface area contributed by atoms with Gasteiger partial charge in [-0.2, -0.15) is 4.31 Å². The molecule has 0 bridgehead atoms. The number of carboxylic acids is 1. The van der Waals surface area contributed by atoms with Crippen LogP contribution in [0.4, 0.5) is 0 Å².